The van der Waals surface area contributed by atoms with Crippen LogP contribution in [-0.4, -0.2) is 37.1 Å². The summed E-state index contributed by atoms with van der Waals surface area (Å²) in [6.45, 7) is 3.59. The van der Waals surface area contributed by atoms with E-state index in [1.54, 1.807) is 0 Å². The number of alkyl halides is 2. The first-order chi connectivity index (χ1) is 8.59. The number of nitrogens with zero attached hydrogens (tertiary/aromatic N) is 2. The molecule has 1 aromatic rings. The third kappa shape index (κ3) is 2.64. The molecule has 1 saturated heterocycles. The van der Waals surface area contributed by atoms with Gasteiger partial charge in [-0.2, -0.15) is 0 Å². The van der Waals surface area contributed by atoms with Crippen molar-refractivity contribution in [3.05, 3.63) is 23.5 Å². The van der Waals surface area contributed by atoms with Gasteiger partial charge in [-0.25, -0.2) is 8.78 Å². The van der Waals surface area contributed by atoms with E-state index in [4.69, 9.17) is 4.74 Å². The van der Waals surface area contributed by atoms with Crippen LogP contribution in [0.2, 0.25) is 0 Å². The second-order valence-corrected chi connectivity index (χ2v) is 4.09. The van der Waals surface area contributed by atoms with Gasteiger partial charge in [0.25, 0.3) is 6.43 Å². The first-order valence-corrected chi connectivity index (χ1v) is 5.71. The van der Waals surface area contributed by atoms with Crippen molar-refractivity contribution < 1.29 is 18.3 Å². The minimum Gasteiger partial charge on any atom is -0.378 e. The Morgan fingerprint density at radius 3 is 2.67 bits per heavy atom. The van der Waals surface area contributed by atoms with E-state index in [-0.39, 0.29) is 17.0 Å². The number of Topliss-reactive ketones (excluding diaryl/α,β-unsaturated/α-hetero) is 1. The lowest BCUT2D eigenvalue weighted by molar-refractivity contribution is 0.101. The maximum Gasteiger partial charge on any atom is 0.265 e. The summed E-state index contributed by atoms with van der Waals surface area (Å²) in [5, 5.41) is 0. The van der Waals surface area contributed by atoms with Crippen molar-refractivity contribution in [1.29, 1.82) is 0 Å². The summed E-state index contributed by atoms with van der Waals surface area (Å²) in [6.07, 6.45) is -1.52. The second kappa shape index (κ2) is 5.39. The molecule has 0 saturated carbocycles. The summed E-state index contributed by atoms with van der Waals surface area (Å²) < 4.78 is 30.6. The molecule has 98 valence electrons. The van der Waals surface area contributed by atoms with Crippen LogP contribution in [0.3, 0.4) is 0 Å². The number of morpholine rings is 1. The molecule has 0 aliphatic carbocycles. The summed E-state index contributed by atoms with van der Waals surface area (Å²) in [4.78, 5) is 17.2. The first kappa shape index (κ1) is 12.9. The molecule has 0 amide bonds. The molecule has 0 spiro atoms. The number of ether oxygens (including phenoxy) is 1. The van der Waals surface area contributed by atoms with Crippen molar-refractivity contribution in [1.82, 2.24) is 4.98 Å². The van der Waals surface area contributed by atoms with Gasteiger partial charge in [-0.3, -0.25) is 9.78 Å². The van der Waals surface area contributed by atoms with E-state index in [9.17, 15) is 13.6 Å². The first-order valence-electron chi connectivity index (χ1n) is 5.71. The second-order valence-electron chi connectivity index (χ2n) is 4.09. The molecule has 1 aliphatic rings. The van der Waals surface area contributed by atoms with E-state index in [0.29, 0.717) is 32.0 Å². The molecule has 0 atom stereocenters. The van der Waals surface area contributed by atoms with Crippen LogP contribution in [0, 0.1) is 0 Å². The Kier molecular flexibility index (Phi) is 3.86. The minimum atomic E-state index is -2.58. The van der Waals surface area contributed by atoms with Gasteiger partial charge in [0.05, 0.1) is 18.9 Å². The van der Waals surface area contributed by atoms with E-state index >= 15 is 0 Å². The molecule has 0 aromatic carbocycles. The van der Waals surface area contributed by atoms with Crippen LogP contribution < -0.4 is 4.90 Å². The molecule has 0 unspecified atom stereocenters. The van der Waals surface area contributed by atoms with Crippen LogP contribution in [0.15, 0.2) is 12.3 Å². The van der Waals surface area contributed by atoms with Crippen LogP contribution in [-0.2, 0) is 4.74 Å². The van der Waals surface area contributed by atoms with E-state index < -0.39 is 6.43 Å². The fraction of sp³-hybridized carbons (Fsp3) is 0.500. The Hall–Kier alpha value is -1.56. The van der Waals surface area contributed by atoms with Crippen molar-refractivity contribution >= 4 is 11.5 Å². The van der Waals surface area contributed by atoms with Gasteiger partial charge in [0.2, 0.25) is 0 Å². The fourth-order valence-electron chi connectivity index (χ4n) is 1.90. The topological polar surface area (TPSA) is 42.4 Å². The van der Waals surface area contributed by atoms with Crippen molar-refractivity contribution in [3.8, 4) is 0 Å². The summed E-state index contributed by atoms with van der Waals surface area (Å²) in [7, 11) is 0. The number of anilines is 1. The zero-order valence-electron chi connectivity index (χ0n) is 10.0. The maximum atomic E-state index is 12.7. The van der Waals surface area contributed by atoms with Crippen molar-refractivity contribution in [3.63, 3.8) is 0 Å². The summed E-state index contributed by atoms with van der Waals surface area (Å²) in [5.41, 5.74) is 0.548. The number of carbonyl (C=O) groups excluding carboxylic acids is 1. The van der Waals surface area contributed by atoms with Crippen molar-refractivity contribution in [2.24, 2.45) is 0 Å². The lowest BCUT2D eigenvalue weighted by Gasteiger charge is -2.30. The average Bonchev–Trinajstić information content (AvgIpc) is 2.39. The van der Waals surface area contributed by atoms with Crippen LogP contribution in [0.4, 0.5) is 14.5 Å². The molecule has 0 N–H and O–H groups in total. The van der Waals surface area contributed by atoms with Crippen molar-refractivity contribution in [2.45, 2.75) is 13.3 Å². The number of carbonyl (C=O) groups is 1. The highest BCUT2D eigenvalue weighted by molar-refractivity contribution is 5.97. The number of halogens is 2. The van der Waals surface area contributed by atoms with Gasteiger partial charge in [0.15, 0.2) is 5.78 Å². The largest absolute Gasteiger partial charge is 0.378 e. The maximum absolute atomic E-state index is 12.7. The molecular formula is C12H14F2N2O2. The molecule has 18 heavy (non-hydrogen) atoms. The molecule has 0 radical (unpaired) electrons. The predicted octanol–water partition coefficient (Wildman–Crippen LogP) is 2.06. The molecule has 0 bridgehead atoms. The Morgan fingerprint density at radius 1 is 1.44 bits per heavy atom. The lowest BCUT2D eigenvalue weighted by Crippen LogP contribution is -2.37. The monoisotopic (exact) mass is 256 g/mol. The van der Waals surface area contributed by atoms with E-state index in [2.05, 4.69) is 4.98 Å². The third-order valence-electron chi connectivity index (χ3n) is 2.83. The number of pyridine rings is 1. The zero-order chi connectivity index (χ0) is 13.1. The number of aromatic nitrogens is 1. The molecule has 4 nitrogen and oxygen atoms in total. The van der Waals surface area contributed by atoms with E-state index in [0.717, 1.165) is 6.20 Å². The Balaban J connectivity index is 2.39. The smallest absolute Gasteiger partial charge is 0.265 e. The molecule has 2 rings (SSSR count). The SMILES string of the molecule is CC(=O)c1ncc(C(F)F)cc1N1CCOCC1. The van der Waals surface area contributed by atoms with E-state index in [1.165, 1.54) is 13.0 Å². The van der Waals surface area contributed by atoms with Gasteiger partial charge >= 0.3 is 0 Å². The highest BCUT2D eigenvalue weighted by atomic mass is 19.3. The Bertz CT molecular complexity index is 446. The van der Waals surface area contributed by atoms with Gasteiger partial charge in [0, 0.05) is 31.8 Å². The Labute approximate surface area is 104 Å². The molecule has 1 aliphatic heterocycles. The summed E-state index contributed by atoms with van der Waals surface area (Å²) in [6, 6.07) is 1.35. The lowest BCUT2D eigenvalue weighted by atomic mass is 10.1. The van der Waals surface area contributed by atoms with Crippen molar-refractivity contribution in [2.75, 3.05) is 31.2 Å². The number of ketones is 1. The number of hydrogen-bond acceptors (Lipinski definition) is 4. The molecule has 2 heterocycles. The van der Waals surface area contributed by atoms with Crippen LogP contribution in [0.25, 0.3) is 0 Å². The van der Waals surface area contributed by atoms with Crippen LogP contribution >= 0.6 is 0 Å². The van der Waals surface area contributed by atoms with Gasteiger partial charge in [-0.05, 0) is 6.07 Å². The Morgan fingerprint density at radius 2 is 2.11 bits per heavy atom. The molecular weight excluding hydrogens is 242 g/mol. The van der Waals surface area contributed by atoms with Crippen LogP contribution in [0.5, 0.6) is 0 Å². The standard InChI is InChI=1S/C12H14F2N2O2/c1-8(17)11-10(16-2-4-18-5-3-16)6-9(7-15-11)12(13)14/h6-7,12H,2-5H2,1H3. The van der Waals surface area contributed by atoms with Crippen LogP contribution in [0.1, 0.15) is 29.4 Å². The normalized spacial score (nSPS) is 16.1. The minimum absolute atomic E-state index is 0.165. The average molecular weight is 256 g/mol. The third-order valence-corrected chi connectivity index (χ3v) is 2.83. The highest BCUT2D eigenvalue weighted by Gasteiger charge is 2.20. The number of rotatable bonds is 3. The zero-order valence-corrected chi connectivity index (χ0v) is 10.0. The molecule has 1 aromatic heterocycles. The van der Waals surface area contributed by atoms with Gasteiger partial charge < -0.3 is 9.64 Å². The molecule has 6 heteroatoms. The quantitative estimate of drug-likeness (QED) is 0.776. The van der Waals surface area contributed by atoms with Gasteiger partial charge in [-0.1, -0.05) is 0 Å². The molecule has 1 fully saturated rings. The fourth-order valence-corrected chi connectivity index (χ4v) is 1.90. The highest BCUT2D eigenvalue weighted by Crippen LogP contribution is 2.26. The number of hydrogen-bond donors (Lipinski definition) is 0. The predicted molar refractivity (Wildman–Crippen MR) is 62.2 cm³/mol. The van der Waals surface area contributed by atoms with Gasteiger partial charge in [0.1, 0.15) is 5.69 Å². The van der Waals surface area contributed by atoms with Gasteiger partial charge in [-0.15, -0.1) is 0 Å². The summed E-state index contributed by atoms with van der Waals surface area (Å²) >= 11 is 0. The van der Waals surface area contributed by atoms with E-state index in [1.807, 2.05) is 4.90 Å². The summed E-state index contributed by atoms with van der Waals surface area (Å²) in [5.74, 6) is -0.225.